The first kappa shape index (κ1) is 25.3. The van der Waals surface area contributed by atoms with Crippen LogP contribution in [-0.4, -0.2) is 38.6 Å². The van der Waals surface area contributed by atoms with Gasteiger partial charge in [-0.25, -0.2) is 0 Å². The molecular weight excluding hydrogens is 519 g/mol. The molecule has 6 nitrogen and oxygen atoms in total. The molecule has 3 atom stereocenters. The Bertz CT molecular complexity index is 1520. The Morgan fingerprint density at radius 3 is 2.63 bits per heavy atom. The molecule has 6 rings (SSSR count). The number of ether oxygens (including phenoxy) is 1. The minimum Gasteiger partial charge on any atom is -0.627 e. The van der Waals surface area contributed by atoms with Crippen molar-refractivity contribution in [3.05, 3.63) is 129 Å². The Hall–Kier alpha value is -3.00. The van der Waals surface area contributed by atoms with Gasteiger partial charge in [-0.05, 0) is 60.4 Å². The molecule has 2 aliphatic heterocycles. The van der Waals surface area contributed by atoms with Crippen LogP contribution < -0.4 is 0 Å². The molecule has 0 radical (unpaired) electrons. The fourth-order valence-electron chi connectivity index (χ4n) is 6.34. The fraction of sp³-hybridized carbons (Fsp3) is 0.267. The van der Waals surface area contributed by atoms with Gasteiger partial charge in [0.05, 0.1) is 6.54 Å². The summed E-state index contributed by atoms with van der Waals surface area (Å²) in [5.41, 5.74) is 2.45. The van der Waals surface area contributed by atoms with Gasteiger partial charge in [0.2, 0.25) is 0 Å². The number of methoxy groups -OCH3 is 1. The molecule has 3 unspecified atom stereocenters. The second-order valence-corrected chi connectivity index (χ2v) is 11.0. The van der Waals surface area contributed by atoms with E-state index in [-0.39, 0.29) is 0 Å². The van der Waals surface area contributed by atoms with Gasteiger partial charge in [-0.3, -0.25) is 0 Å². The van der Waals surface area contributed by atoms with Gasteiger partial charge in [-0.15, -0.1) is 10.2 Å². The summed E-state index contributed by atoms with van der Waals surface area (Å²) in [7, 11) is 3.57. The van der Waals surface area contributed by atoms with E-state index in [1.807, 2.05) is 78.5 Å². The summed E-state index contributed by atoms with van der Waals surface area (Å²) >= 11 is 12.7. The number of hydrogen-bond donors (Lipinski definition) is 0. The van der Waals surface area contributed by atoms with Crippen molar-refractivity contribution in [2.45, 2.75) is 30.4 Å². The smallest absolute Gasteiger partial charge is 0.178 e. The van der Waals surface area contributed by atoms with Crippen molar-refractivity contribution in [3.8, 4) is 0 Å². The lowest BCUT2D eigenvalue weighted by Crippen LogP contribution is -2.63. The molecule has 194 valence electrons. The molecule has 1 saturated heterocycles. The first-order valence-corrected chi connectivity index (χ1v) is 13.4. The van der Waals surface area contributed by atoms with Gasteiger partial charge in [0.1, 0.15) is 18.1 Å². The van der Waals surface area contributed by atoms with Gasteiger partial charge in [0.15, 0.2) is 11.4 Å². The van der Waals surface area contributed by atoms with Crippen LogP contribution in [0.25, 0.3) is 5.57 Å². The molecule has 0 bridgehead atoms. The Morgan fingerprint density at radius 1 is 1.11 bits per heavy atom. The van der Waals surface area contributed by atoms with E-state index in [4.69, 9.17) is 27.9 Å². The van der Waals surface area contributed by atoms with Gasteiger partial charge in [0, 0.05) is 47.3 Å². The normalized spacial score (nSPS) is 26.0. The van der Waals surface area contributed by atoms with E-state index < -0.39 is 15.8 Å². The highest BCUT2D eigenvalue weighted by molar-refractivity contribution is 6.31. The molecule has 0 N–H and O–H groups in total. The average molecular weight is 547 g/mol. The third-order valence-corrected chi connectivity index (χ3v) is 8.62. The SMILES string of the molecule is COC(C1=CC=CC23CCCC[N+]2([O-])C=C(c2cccc(Cl)c2)C=C13)(c1ccc(Cl)cc1)c1nncn1C. The quantitative estimate of drug-likeness (QED) is 0.263. The molecule has 38 heavy (non-hydrogen) atoms. The van der Waals surface area contributed by atoms with Crippen molar-refractivity contribution < 1.29 is 9.38 Å². The molecule has 2 aromatic carbocycles. The minimum atomic E-state index is -1.14. The summed E-state index contributed by atoms with van der Waals surface area (Å²) in [6.45, 7) is 0.490. The second-order valence-electron chi connectivity index (χ2n) is 10.2. The molecule has 0 saturated carbocycles. The summed E-state index contributed by atoms with van der Waals surface area (Å²) in [6.07, 6.45) is 14.3. The van der Waals surface area contributed by atoms with Crippen molar-refractivity contribution in [2.24, 2.45) is 7.05 Å². The first-order valence-electron chi connectivity index (χ1n) is 12.7. The monoisotopic (exact) mass is 546 g/mol. The van der Waals surface area contributed by atoms with Crippen LogP contribution in [0.2, 0.25) is 10.0 Å². The molecule has 8 heteroatoms. The lowest BCUT2D eigenvalue weighted by molar-refractivity contribution is -0.876. The van der Waals surface area contributed by atoms with E-state index in [0.717, 1.165) is 47.1 Å². The number of rotatable bonds is 5. The van der Waals surface area contributed by atoms with Crippen LogP contribution >= 0.6 is 23.2 Å². The highest BCUT2D eigenvalue weighted by atomic mass is 35.5. The fourth-order valence-corrected chi connectivity index (χ4v) is 6.65. The zero-order valence-corrected chi connectivity index (χ0v) is 22.8. The van der Waals surface area contributed by atoms with Crippen LogP contribution in [0.1, 0.15) is 36.2 Å². The van der Waals surface area contributed by atoms with Crippen molar-refractivity contribution in [1.29, 1.82) is 0 Å². The highest BCUT2D eigenvalue weighted by Gasteiger charge is 2.56. The highest BCUT2D eigenvalue weighted by Crippen LogP contribution is 2.55. The van der Waals surface area contributed by atoms with Crippen molar-refractivity contribution in [2.75, 3.05) is 13.7 Å². The maximum absolute atomic E-state index is 14.8. The molecular formula is C30H28Cl2N4O2. The Kier molecular flexibility index (Phi) is 6.21. The van der Waals surface area contributed by atoms with Crippen LogP contribution in [0.5, 0.6) is 0 Å². The largest absolute Gasteiger partial charge is 0.627 e. The third-order valence-electron chi connectivity index (χ3n) is 8.13. The second kappa shape index (κ2) is 9.33. The number of nitrogens with zero attached hydrogens (tertiary/aromatic N) is 4. The van der Waals surface area contributed by atoms with Crippen LogP contribution in [0.4, 0.5) is 0 Å². The number of hydrogen-bond acceptors (Lipinski definition) is 4. The molecule has 1 spiro atoms. The van der Waals surface area contributed by atoms with E-state index >= 15 is 0 Å². The molecule has 3 aliphatic rings. The van der Waals surface area contributed by atoms with Crippen molar-refractivity contribution in [1.82, 2.24) is 14.8 Å². The zero-order valence-electron chi connectivity index (χ0n) is 21.3. The van der Waals surface area contributed by atoms with Gasteiger partial charge < -0.3 is 19.2 Å². The molecule has 1 aliphatic carbocycles. The summed E-state index contributed by atoms with van der Waals surface area (Å²) in [5, 5.41) is 24.8. The van der Waals surface area contributed by atoms with E-state index in [1.54, 1.807) is 13.4 Å². The van der Waals surface area contributed by atoms with Gasteiger partial charge >= 0.3 is 0 Å². The maximum atomic E-state index is 14.8. The lowest BCUT2D eigenvalue weighted by Gasteiger charge is -2.60. The Labute approximate surface area is 232 Å². The zero-order chi connectivity index (χ0) is 26.5. The summed E-state index contributed by atoms with van der Waals surface area (Å²) < 4.78 is 7.89. The van der Waals surface area contributed by atoms with Gasteiger partial charge in [0.25, 0.3) is 0 Å². The Morgan fingerprint density at radius 2 is 1.92 bits per heavy atom. The van der Waals surface area contributed by atoms with Gasteiger partial charge in [-0.1, -0.05) is 59.6 Å². The first-order chi connectivity index (χ1) is 18.3. The number of piperidine rings is 1. The van der Waals surface area contributed by atoms with Crippen LogP contribution in [0.3, 0.4) is 0 Å². The van der Waals surface area contributed by atoms with Crippen LogP contribution in [-0.2, 0) is 17.4 Å². The molecule has 1 fully saturated rings. The van der Waals surface area contributed by atoms with E-state index in [2.05, 4.69) is 22.3 Å². The topological polar surface area (TPSA) is 63.0 Å². The number of aromatic nitrogens is 3. The molecule has 0 amide bonds. The number of benzene rings is 2. The van der Waals surface area contributed by atoms with Gasteiger partial charge in [-0.2, -0.15) is 0 Å². The predicted molar refractivity (Wildman–Crippen MR) is 150 cm³/mol. The van der Waals surface area contributed by atoms with E-state index in [0.29, 0.717) is 22.4 Å². The van der Waals surface area contributed by atoms with E-state index in [1.165, 1.54) is 0 Å². The standard InChI is InChI=1S/C30H28Cl2N4O2/c1-35-20-33-34-28(35)30(38-2,23-10-12-24(31)13-11-23)26-9-6-15-29-14-3-4-16-36(29,37)19-22(18-27(26)29)21-7-5-8-25(32)17-21/h5-13,15,17-20H,3-4,14,16H2,1-2H3. The number of quaternary nitrogens is 1. The lowest BCUT2D eigenvalue weighted by atomic mass is 9.66. The number of aryl methyl sites for hydroxylation is 1. The van der Waals surface area contributed by atoms with E-state index in [9.17, 15) is 5.21 Å². The number of hydroxylamine groups is 3. The Balaban J connectivity index is 1.64. The summed E-state index contributed by atoms with van der Waals surface area (Å²) in [5.74, 6) is 0.610. The van der Waals surface area contributed by atoms with Crippen LogP contribution in [0, 0.1) is 5.21 Å². The summed E-state index contributed by atoms with van der Waals surface area (Å²) in [6, 6.07) is 15.2. The average Bonchev–Trinajstić information content (AvgIpc) is 3.35. The number of halogens is 2. The van der Waals surface area contributed by atoms with Crippen molar-refractivity contribution in [3.63, 3.8) is 0 Å². The minimum absolute atomic E-state index is 0.465. The summed E-state index contributed by atoms with van der Waals surface area (Å²) in [4.78, 5) is 0. The molecule has 3 aromatic rings. The number of allylic oxidation sites excluding steroid dienone is 4. The van der Waals surface area contributed by atoms with Crippen molar-refractivity contribution >= 4 is 28.8 Å². The molecule has 3 heterocycles. The molecule has 1 aromatic heterocycles. The third kappa shape index (κ3) is 3.67. The maximum Gasteiger partial charge on any atom is 0.178 e. The predicted octanol–water partition coefficient (Wildman–Crippen LogP) is 6.73. The van der Waals surface area contributed by atoms with Crippen LogP contribution in [0.15, 0.2) is 96.5 Å².